The van der Waals surface area contributed by atoms with Crippen molar-refractivity contribution in [2.24, 2.45) is 0 Å². The zero-order chi connectivity index (χ0) is 92.1. The molecule has 20 aromatic rings. The largest absolute Gasteiger partial charge is 0.496 e. The molecule has 20 rings (SSSR count). The highest BCUT2D eigenvalue weighted by Crippen LogP contribution is 2.35. The van der Waals surface area contributed by atoms with Crippen molar-refractivity contribution in [3.63, 3.8) is 0 Å². The number of aromatic nitrogens is 10. The summed E-state index contributed by atoms with van der Waals surface area (Å²) in [6, 6.07) is 96.9. The molecule has 23 heteroatoms. The highest BCUT2D eigenvalue weighted by atomic mass is 32.1. The molecule has 0 aliphatic heterocycles. The van der Waals surface area contributed by atoms with Crippen LogP contribution < -0.4 is 36.1 Å². The van der Waals surface area contributed by atoms with Crippen LogP contribution in [0.4, 0.5) is 28.4 Å². The van der Waals surface area contributed by atoms with Gasteiger partial charge in [-0.1, -0.05) is 252 Å². The van der Waals surface area contributed by atoms with Crippen molar-refractivity contribution in [1.82, 2.24) is 48.0 Å². The quantitative estimate of drug-likeness (QED) is 0.0425. The van der Waals surface area contributed by atoms with Crippen molar-refractivity contribution in [3.05, 3.63) is 454 Å². The van der Waals surface area contributed by atoms with Crippen LogP contribution in [0.25, 0.3) is 54.5 Å². The Balaban J connectivity index is 0.000000121. The Bertz CT molecular complexity index is 7020. The number of carbonyl (C=O) groups excluding carboxylic acids is 5. The minimum atomic E-state index is -0.267. The van der Waals surface area contributed by atoms with Gasteiger partial charge in [0.25, 0.3) is 29.5 Å². The minimum absolute atomic E-state index is 0.156. The van der Waals surface area contributed by atoms with Gasteiger partial charge in [0.15, 0.2) is 5.69 Å². The van der Waals surface area contributed by atoms with Gasteiger partial charge in [-0.2, -0.15) is 5.10 Å². The van der Waals surface area contributed by atoms with E-state index in [0.717, 1.165) is 116 Å². The van der Waals surface area contributed by atoms with E-state index < -0.39 is 0 Å². The number of hydrogen-bond donors (Lipinski definition) is 5. The fourth-order valence-corrected chi connectivity index (χ4v) is 16.3. The average molecular weight is 1770 g/mol. The third kappa shape index (κ3) is 22.3. The maximum absolute atomic E-state index is 12.8. The van der Waals surface area contributed by atoms with Gasteiger partial charge in [0.05, 0.1) is 93.1 Å². The van der Waals surface area contributed by atoms with E-state index in [0.29, 0.717) is 39.6 Å². The first-order chi connectivity index (χ1) is 64.9. The number of para-hydroxylation sites is 6. The number of amides is 5. The van der Waals surface area contributed by atoms with Crippen molar-refractivity contribution in [2.75, 3.05) is 40.8 Å². The zero-order valence-corrected chi connectivity index (χ0v) is 75.3. The molecule has 5 N–H and O–H groups in total. The first-order valence-corrected chi connectivity index (χ1v) is 44.3. The molecule has 9 heterocycles. The molecule has 0 radical (unpaired) electrons. The lowest BCUT2D eigenvalue weighted by atomic mass is 10.1. The van der Waals surface area contributed by atoms with Gasteiger partial charge in [0.2, 0.25) is 0 Å². The van der Waals surface area contributed by atoms with Crippen molar-refractivity contribution in [1.29, 1.82) is 0 Å². The SMILES string of the molecule is COc1ccccc1C(=O)Nc1cn(Cc2ccc(C)cc2)c2ccccc12.COc1cscc1C(=O)Nc1cn(Cc2ccc(C)cc2)c2ccccc12.Cc1ccc(Cn2cc(NC(=O)c3cccnc3)c3ccccc32)cc1.Cc1ccc(Cn2cc(NC(=O)c3cccnn3)c3ccccc32)cc1.Cc1ccc(Cn2cc(NC(=O)c3cnccn3)c3ccccc32)cc1. The Morgan fingerprint density at radius 1 is 0.293 bits per heavy atom. The number of aryl methyl sites for hydroxylation is 5. The monoisotopic (exact) mass is 1770 g/mol. The summed E-state index contributed by atoms with van der Waals surface area (Å²) in [5, 5.41) is 31.3. The summed E-state index contributed by atoms with van der Waals surface area (Å²) >= 11 is 1.45. The third-order valence-corrected chi connectivity index (χ3v) is 23.2. The van der Waals surface area contributed by atoms with Crippen LogP contribution in [-0.4, -0.2) is 91.7 Å². The highest BCUT2D eigenvalue weighted by Gasteiger charge is 2.22. The van der Waals surface area contributed by atoms with Gasteiger partial charge in [0, 0.05) is 132 Å². The Morgan fingerprint density at radius 3 is 0.955 bits per heavy atom. The standard InChI is InChI=1S/C24H22N2O2.C22H19N3O.C22H20N2O2S.2C21H18N4O/c1-17-11-13-18(14-12-17)15-26-16-21(19-7-3-5-9-22(19)26)25-24(27)20-8-4-6-10-23(20)28-2;1-16-8-10-17(11-9-16)14-25-15-20(19-6-2-3-7-21(19)25)24-22(26)18-5-4-12-23-13-18;1-15-7-9-16(10-8-15)11-24-12-19(17-5-3-4-6-20(17)24)23-22(25)18-13-27-14-21(18)26-2;1-15-8-10-16(11-9-15)13-25-14-19(17-5-2-3-7-20(17)25)23-21(26)18-6-4-12-22-24-18;1-15-6-8-16(9-7-15)13-25-14-19(17-4-2-3-5-20(17)25)24-21(26)18-12-22-10-11-23-18/h3-14,16H,15H2,1-2H3,(H,25,27);2-13,15H,14H2,1H3,(H,24,26);3-10,12-14H,11H2,1-2H3,(H,23,25);2-12,14H,13H2,1H3,(H,23,26);2-12,14H,13H2,1H3,(H,24,26). The number of rotatable bonds is 22. The second-order valence-corrected chi connectivity index (χ2v) is 32.9. The van der Waals surface area contributed by atoms with Gasteiger partial charge < -0.3 is 58.9 Å². The number of carbonyl (C=O) groups is 5. The summed E-state index contributed by atoms with van der Waals surface area (Å²) in [6.07, 6.45) is 19.2. The number of hydrogen-bond acceptors (Lipinski definition) is 13. The molecule has 660 valence electrons. The normalized spacial score (nSPS) is 10.8. The molecule has 9 aromatic heterocycles. The summed E-state index contributed by atoms with van der Waals surface area (Å²) in [5.74, 6) is 0.121. The van der Waals surface area contributed by atoms with Crippen molar-refractivity contribution < 1.29 is 33.4 Å². The Labute approximate surface area is 773 Å². The van der Waals surface area contributed by atoms with E-state index >= 15 is 0 Å². The van der Waals surface area contributed by atoms with Crippen LogP contribution in [0.15, 0.2) is 370 Å². The number of pyridine rings is 1. The lowest BCUT2D eigenvalue weighted by molar-refractivity contribution is 0.101. The van der Waals surface area contributed by atoms with Crippen LogP contribution in [0.5, 0.6) is 11.5 Å². The van der Waals surface area contributed by atoms with Crippen molar-refractivity contribution >= 4 is 124 Å². The minimum Gasteiger partial charge on any atom is -0.496 e. The van der Waals surface area contributed by atoms with Gasteiger partial charge >= 0.3 is 0 Å². The van der Waals surface area contributed by atoms with E-state index in [2.05, 4.69) is 261 Å². The molecular formula is C110H97N15O7S. The molecule has 0 saturated heterocycles. The van der Waals surface area contributed by atoms with E-state index in [9.17, 15) is 24.0 Å². The van der Waals surface area contributed by atoms with Crippen LogP contribution in [0, 0.1) is 34.6 Å². The van der Waals surface area contributed by atoms with Gasteiger partial charge in [0.1, 0.15) is 17.2 Å². The van der Waals surface area contributed by atoms with Gasteiger partial charge in [-0.3, -0.25) is 33.9 Å². The summed E-state index contributed by atoms with van der Waals surface area (Å²) in [5.41, 5.74) is 23.8. The number of thiophene rings is 1. The lowest BCUT2D eigenvalue weighted by Crippen LogP contribution is -2.13. The van der Waals surface area contributed by atoms with E-state index in [1.165, 1.54) is 79.4 Å². The van der Waals surface area contributed by atoms with E-state index in [4.69, 9.17) is 9.47 Å². The van der Waals surface area contributed by atoms with Gasteiger partial charge in [-0.15, -0.1) is 16.4 Å². The number of nitrogens with zero attached hydrogens (tertiary/aromatic N) is 10. The number of anilines is 5. The Kier molecular flexibility index (Phi) is 28.5. The molecule has 0 bridgehead atoms. The summed E-state index contributed by atoms with van der Waals surface area (Å²) in [6.45, 7) is 14.1. The molecule has 0 fully saturated rings. The highest BCUT2D eigenvalue weighted by molar-refractivity contribution is 7.08. The van der Waals surface area contributed by atoms with Crippen LogP contribution in [-0.2, 0) is 32.7 Å². The van der Waals surface area contributed by atoms with E-state index in [1.54, 1.807) is 80.8 Å². The first kappa shape index (κ1) is 89.5. The number of nitrogens with one attached hydrogen (secondary N) is 5. The third-order valence-electron chi connectivity index (χ3n) is 22.5. The molecule has 0 aliphatic carbocycles. The first-order valence-electron chi connectivity index (χ1n) is 43.3. The predicted octanol–water partition coefficient (Wildman–Crippen LogP) is 23.3. The summed E-state index contributed by atoms with van der Waals surface area (Å²) in [7, 11) is 3.14. The molecule has 133 heavy (non-hydrogen) atoms. The maximum atomic E-state index is 12.8. The zero-order valence-electron chi connectivity index (χ0n) is 74.5. The van der Waals surface area contributed by atoms with Crippen LogP contribution in [0.3, 0.4) is 0 Å². The van der Waals surface area contributed by atoms with Crippen LogP contribution in [0.2, 0.25) is 0 Å². The second kappa shape index (κ2) is 42.3. The molecule has 0 atom stereocenters. The Morgan fingerprint density at radius 2 is 0.617 bits per heavy atom. The topological polar surface area (TPSA) is 253 Å². The van der Waals surface area contributed by atoms with Gasteiger partial charge in [-0.05, 0) is 129 Å². The molecular weight excluding hydrogens is 1680 g/mol. The average Bonchev–Trinajstić information content (AvgIpc) is 1.65. The molecule has 0 saturated carbocycles. The molecule has 0 aliphatic rings. The van der Waals surface area contributed by atoms with Crippen LogP contribution in [0.1, 0.15) is 108 Å². The van der Waals surface area contributed by atoms with Gasteiger partial charge in [-0.25, -0.2) is 4.98 Å². The predicted molar refractivity (Wildman–Crippen MR) is 533 cm³/mol. The molecule has 0 spiro atoms. The second-order valence-electron chi connectivity index (χ2n) is 32.1. The van der Waals surface area contributed by atoms with E-state index in [-0.39, 0.29) is 29.5 Å². The molecule has 22 nitrogen and oxygen atoms in total. The fraction of sp³-hybridized carbons (Fsp3) is 0.109. The molecule has 11 aromatic carbocycles. The maximum Gasteiger partial charge on any atom is 0.276 e. The summed E-state index contributed by atoms with van der Waals surface area (Å²) in [4.78, 5) is 75.0. The van der Waals surface area contributed by atoms with Crippen molar-refractivity contribution in [2.45, 2.75) is 67.3 Å². The Hall–Kier alpha value is -16.9. The number of ether oxygens (including phenoxy) is 2. The molecule has 5 amide bonds. The van der Waals surface area contributed by atoms with E-state index in [1.807, 2.05) is 139 Å². The number of benzene rings is 11. The lowest BCUT2D eigenvalue weighted by Gasteiger charge is -2.08. The number of fused-ring (bicyclic) bond motifs is 5. The van der Waals surface area contributed by atoms with Crippen LogP contribution >= 0.6 is 11.3 Å². The molecule has 0 unspecified atom stereocenters. The fourth-order valence-electron chi connectivity index (χ4n) is 15.6. The van der Waals surface area contributed by atoms with Crippen molar-refractivity contribution in [3.8, 4) is 11.5 Å². The number of methoxy groups -OCH3 is 2. The summed E-state index contributed by atoms with van der Waals surface area (Å²) < 4.78 is 21.4. The smallest absolute Gasteiger partial charge is 0.276 e.